The van der Waals surface area contributed by atoms with E-state index in [0.717, 1.165) is 6.54 Å². The molecule has 0 aromatic carbocycles. The average Bonchev–Trinajstić information content (AvgIpc) is 2.67. The van der Waals surface area contributed by atoms with Gasteiger partial charge in [-0.3, -0.25) is 10.6 Å². The molecule has 0 aliphatic carbocycles. The van der Waals surface area contributed by atoms with Gasteiger partial charge >= 0.3 is 0 Å². The minimum atomic E-state index is -0.412. The van der Waals surface area contributed by atoms with E-state index in [0.29, 0.717) is 5.92 Å². The Balaban J connectivity index is 1.89. The fourth-order valence-corrected chi connectivity index (χ4v) is 2.62. The lowest BCUT2D eigenvalue weighted by molar-refractivity contribution is -0.0460. The normalized spacial score (nSPS) is 55.9. The van der Waals surface area contributed by atoms with Crippen molar-refractivity contribution in [2.75, 3.05) is 19.6 Å². The van der Waals surface area contributed by atoms with Crippen LogP contribution in [0.3, 0.4) is 0 Å². The predicted octanol–water partition coefficient (Wildman–Crippen LogP) is -0.596. The van der Waals surface area contributed by atoms with Gasteiger partial charge in [0.1, 0.15) is 5.60 Å². The third-order valence-corrected chi connectivity index (χ3v) is 3.21. The monoisotopic (exact) mass is 167 g/mol. The maximum Gasteiger partial charge on any atom is 0.202 e. The first-order valence-corrected chi connectivity index (χ1v) is 4.49. The molecule has 1 spiro atoms. The number of hydrogen-bond acceptors (Lipinski definition) is 4. The van der Waals surface area contributed by atoms with E-state index in [1.165, 1.54) is 19.5 Å². The second-order valence-electron chi connectivity index (χ2n) is 3.96. The molecule has 4 atom stereocenters. The summed E-state index contributed by atoms with van der Waals surface area (Å²) in [4.78, 5) is 6.52. The molecule has 2 fully saturated rings. The molecule has 3 rings (SSSR count). The lowest BCUT2D eigenvalue weighted by atomic mass is 9.89. The van der Waals surface area contributed by atoms with Crippen LogP contribution in [0.2, 0.25) is 0 Å². The molecule has 2 saturated heterocycles. The zero-order chi connectivity index (χ0) is 8.18. The van der Waals surface area contributed by atoms with Gasteiger partial charge in [0, 0.05) is 25.2 Å². The summed E-state index contributed by atoms with van der Waals surface area (Å²) in [7, 11) is 0. The first-order valence-electron chi connectivity index (χ1n) is 4.49. The van der Waals surface area contributed by atoms with E-state index in [-0.39, 0.29) is 5.60 Å². The number of hydrogen-bond donors (Lipinski definition) is 1. The Labute approximate surface area is 71.4 Å². The van der Waals surface area contributed by atoms with Gasteiger partial charge in [-0.2, -0.15) is 0 Å². The molecule has 2 bridgehead atoms. The van der Waals surface area contributed by atoms with Crippen molar-refractivity contribution >= 4 is 6.21 Å². The summed E-state index contributed by atoms with van der Waals surface area (Å²) in [5.74, 6) is 0.634. The summed E-state index contributed by atoms with van der Waals surface area (Å²) in [6.07, 6.45) is 2.76. The Bertz CT molecular complexity index is 242. The van der Waals surface area contributed by atoms with Crippen LogP contribution in [-0.4, -0.2) is 42.7 Å². The fraction of sp³-hybridized carbons (Fsp3) is 0.875. The highest BCUT2D eigenvalue weighted by Gasteiger charge is 2.53. The van der Waals surface area contributed by atoms with Crippen molar-refractivity contribution in [1.82, 2.24) is 4.90 Å². The summed E-state index contributed by atoms with van der Waals surface area (Å²) in [5, 5.41) is 0. The highest BCUT2D eigenvalue weighted by molar-refractivity contribution is 5.72. The number of piperidine rings is 1. The molecule has 12 heavy (non-hydrogen) atoms. The van der Waals surface area contributed by atoms with E-state index in [9.17, 15) is 0 Å². The number of fused-ring (bicyclic) bond motifs is 3. The van der Waals surface area contributed by atoms with Crippen LogP contribution in [0.15, 0.2) is 4.99 Å². The van der Waals surface area contributed by atoms with Crippen LogP contribution in [0.4, 0.5) is 0 Å². The van der Waals surface area contributed by atoms with Crippen LogP contribution in [0.5, 0.6) is 0 Å². The Morgan fingerprint density at radius 1 is 1.67 bits per heavy atom. The van der Waals surface area contributed by atoms with Gasteiger partial charge in [0.05, 0.1) is 0 Å². The van der Waals surface area contributed by atoms with E-state index in [4.69, 9.17) is 10.5 Å². The van der Waals surface area contributed by atoms with Crippen molar-refractivity contribution < 1.29 is 4.74 Å². The molecule has 4 unspecified atom stereocenters. The van der Waals surface area contributed by atoms with Gasteiger partial charge in [-0.1, -0.05) is 0 Å². The van der Waals surface area contributed by atoms with Gasteiger partial charge in [0.2, 0.25) is 6.35 Å². The Morgan fingerprint density at radius 3 is 3.08 bits per heavy atom. The molecule has 66 valence electrons. The number of ether oxygens (including phenoxy) is 1. The second kappa shape index (κ2) is 2.07. The summed E-state index contributed by atoms with van der Waals surface area (Å²) >= 11 is 0. The molecule has 3 heterocycles. The number of rotatable bonds is 0. The van der Waals surface area contributed by atoms with Crippen molar-refractivity contribution in [3.63, 3.8) is 0 Å². The molecular weight excluding hydrogens is 154 g/mol. The van der Waals surface area contributed by atoms with E-state index in [2.05, 4.69) is 9.89 Å². The van der Waals surface area contributed by atoms with Crippen LogP contribution in [0.25, 0.3) is 0 Å². The smallest absolute Gasteiger partial charge is 0.202 e. The first-order chi connectivity index (χ1) is 5.78. The molecule has 3 aliphatic heterocycles. The van der Waals surface area contributed by atoms with Crippen molar-refractivity contribution in [3.8, 4) is 0 Å². The molecule has 3 aliphatic rings. The van der Waals surface area contributed by atoms with Crippen LogP contribution in [-0.2, 0) is 4.74 Å². The van der Waals surface area contributed by atoms with Gasteiger partial charge in [-0.15, -0.1) is 0 Å². The maximum atomic E-state index is 5.66. The molecule has 0 amide bonds. The minimum absolute atomic E-state index is 0.113. The molecular formula is C8H13N3O. The molecule has 0 saturated carbocycles. The van der Waals surface area contributed by atoms with Crippen molar-refractivity contribution in [2.45, 2.75) is 18.4 Å². The molecule has 0 aromatic heterocycles. The molecule has 2 N–H and O–H groups in total. The second-order valence-corrected chi connectivity index (χ2v) is 3.96. The van der Waals surface area contributed by atoms with E-state index < -0.39 is 6.35 Å². The van der Waals surface area contributed by atoms with Crippen molar-refractivity contribution in [2.24, 2.45) is 16.6 Å². The third kappa shape index (κ3) is 0.748. The van der Waals surface area contributed by atoms with Crippen LogP contribution in [0, 0.1) is 5.92 Å². The number of nitrogens with zero attached hydrogens (tertiary/aromatic N) is 2. The number of aliphatic imine (C=N–C) groups is 1. The van der Waals surface area contributed by atoms with Gasteiger partial charge in [0.25, 0.3) is 0 Å². The van der Waals surface area contributed by atoms with Crippen molar-refractivity contribution in [3.05, 3.63) is 0 Å². The lowest BCUT2D eigenvalue weighted by Crippen LogP contribution is -2.45. The van der Waals surface area contributed by atoms with E-state index in [1.807, 2.05) is 6.21 Å². The van der Waals surface area contributed by atoms with Crippen molar-refractivity contribution in [1.29, 1.82) is 0 Å². The Morgan fingerprint density at radius 2 is 2.58 bits per heavy atom. The highest BCUT2D eigenvalue weighted by Crippen LogP contribution is 2.40. The summed E-state index contributed by atoms with van der Waals surface area (Å²) < 4.78 is 5.66. The zero-order valence-electron chi connectivity index (χ0n) is 6.94. The lowest BCUT2D eigenvalue weighted by Gasteiger charge is -2.30. The largest absolute Gasteiger partial charge is 0.330 e. The van der Waals surface area contributed by atoms with Gasteiger partial charge in [-0.25, -0.2) is 4.99 Å². The van der Waals surface area contributed by atoms with E-state index in [1.54, 1.807) is 0 Å². The van der Waals surface area contributed by atoms with Crippen LogP contribution >= 0.6 is 0 Å². The summed E-state index contributed by atoms with van der Waals surface area (Å²) in [5.41, 5.74) is 5.47. The quantitative estimate of drug-likeness (QED) is 0.524. The zero-order valence-corrected chi connectivity index (χ0v) is 6.94. The predicted molar refractivity (Wildman–Crippen MR) is 44.8 cm³/mol. The highest BCUT2D eigenvalue weighted by atomic mass is 16.5. The minimum Gasteiger partial charge on any atom is -0.330 e. The Kier molecular flexibility index (Phi) is 1.21. The van der Waals surface area contributed by atoms with Gasteiger partial charge < -0.3 is 4.74 Å². The molecule has 0 radical (unpaired) electrons. The Hall–Kier alpha value is -0.450. The van der Waals surface area contributed by atoms with E-state index >= 15 is 0 Å². The summed E-state index contributed by atoms with van der Waals surface area (Å²) in [6.45, 7) is 3.38. The standard InChI is InChI=1S/C8H13N3O/c9-7-10-4-8(12-7)5-11-2-1-6(8)3-11/h4,6-7H,1-3,5,9H2. The first kappa shape index (κ1) is 7.00. The third-order valence-electron chi connectivity index (χ3n) is 3.21. The molecule has 0 aromatic rings. The molecule has 4 nitrogen and oxygen atoms in total. The summed E-state index contributed by atoms with van der Waals surface area (Å²) in [6, 6.07) is 0. The van der Waals surface area contributed by atoms with Crippen LogP contribution in [0.1, 0.15) is 6.42 Å². The van der Waals surface area contributed by atoms with Gasteiger partial charge in [0.15, 0.2) is 0 Å². The SMILES string of the molecule is NC1N=CC2(CN3CCC2C3)O1. The number of nitrogens with two attached hydrogens (primary N) is 1. The maximum absolute atomic E-state index is 5.66. The van der Waals surface area contributed by atoms with Crippen LogP contribution < -0.4 is 5.73 Å². The fourth-order valence-electron chi connectivity index (χ4n) is 2.62. The average molecular weight is 167 g/mol. The van der Waals surface area contributed by atoms with Gasteiger partial charge in [-0.05, 0) is 13.0 Å². The molecule has 4 heteroatoms. The topological polar surface area (TPSA) is 50.8 Å².